The Balaban J connectivity index is 1.67. The van der Waals surface area contributed by atoms with Crippen LogP contribution in [-0.2, 0) is 12.3 Å². The summed E-state index contributed by atoms with van der Waals surface area (Å²) >= 11 is 1.47. The van der Waals surface area contributed by atoms with E-state index in [1.807, 2.05) is 36.0 Å². The van der Waals surface area contributed by atoms with Crippen molar-refractivity contribution in [3.05, 3.63) is 42.5 Å². The lowest BCUT2D eigenvalue weighted by atomic mass is 10.4. The van der Waals surface area contributed by atoms with Crippen LogP contribution < -0.4 is 0 Å². The number of aryl methyl sites for hydroxylation is 1. The van der Waals surface area contributed by atoms with Crippen LogP contribution in [0.15, 0.2) is 46.4 Å². The van der Waals surface area contributed by atoms with Gasteiger partial charge in [0.1, 0.15) is 0 Å². The highest BCUT2D eigenvalue weighted by atomic mass is 32.2. The molecule has 0 saturated carbocycles. The van der Waals surface area contributed by atoms with E-state index in [-0.39, 0.29) is 0 Å². The van der Waals surface area contributed by atoms with Crippen LogP contribution in [0.25, 0.3) is 11.5 Å². The third-order valence-electron chi connectivity index (χ3n) is 2.68. The van der Waals surface area contributed by atoms with Crippen molar-refractivity contribution in [2.75, 3.05) is 0 Å². The molecule has 0 unspecified atom stereocenters. The largest absolute Gasteiger partial charge is 0.411 e. The maximum Gasteiger partial charge on any atom is 0.277 e. The molecule has 20 heavy (non-hydrogen) atoms. The van der Waals surface area contributed by atoms with Gasteiger partial charge in [0.15, 0.2) is 0 Å². The molecule has 0 aromatic carbocycles. The van der Waals surface area contributed by atoms with Crippen LogP contribution in [0.1, 0.15) is 12.6 Å². The van der Waals surface area contributed by atoms with Gasteiger partial charge < -0.3 is 4.42 Å². The first-order chi connectivity index (χ1) is 9.85. The molecule has 0 aliphatic heterocycles. The molecular weight excluding hydrogens is 274 g/mol. The van der Waals surface area contributed by atoms with E-state index in [0.29, 0.717) is 16.9 Å². The lowest BCUT2D eigenvalue weighted by Crippen LogP contribution is -1.91. The van der Waals surface area contributed by atoms with E-state index in [2.05, 4.69) is 20.3 Å². The highest BCUT2D eigenvalue weighted by Gasteiger charge is 2.11. The Labute approximate surface area is 120 Å². The van der Waals surface area contributed by atoms with E-state index in [1.165, 1.54) is 11.8 Å². The van der Waals surface area contributed by atoms with Crippen molar-refractivity contribution in [2.45, 2.75) is 24.4 Å². The first kappa shape index (κ1) is 12.9. The summed E-state index contributed by atoms with van der Waals surface area (Å²) in [6.45, 7) is 2.84. The summed E-state index contributed by atoms with van der Waals surface area (Å²) in [5.74, 6) is 1.20. The molecule has 0 fully saturated rings. The minimum absolute atomic E-state index is 0.494. The smallest absolute Gasteiger partial charge is 0.277 e. The summed E-state index contributed by atoms with van der Waals surface area (Å²) < 4.78 is 7.43. The van der Waals surface area contributed by atoms with Crippen molar-refractivity contribution in [1.29, 1.82) is 0 Å². The van der Waals surface area contributed by atoms with E-state index in [1.54, 1.807) is 12.4 Å². The fourth-order valence-corrected chi connectivity index (χ4v) is 2.33. The molecule has 0 amide bonds. The van der Waals surface area contributed by atoms with Gasteiger partial charge in [-0.05, 0) is 19.1 Å². The van der Waals surface area contributed by atoms with Gasteiger partial charge in [0.2, 0.25) is 0 Å². The normalized spacial score (nSPS) is 10.8. The number of hydrogen-bond acceptors (Lipinski definition) is 6. The molecule has 0 atom stereocenters. The van der Waals surface area contributed by atoms with Gasteiger partial charge in [-0.1, -0.05) is 17.8 Å². The third-order valence-corrected chi connectivity index (χ3v) is 3.53. The molecular formula is C13H13N5OS. The summed E-state index contributed by atoms with van der Waals surface area (Å²) in [7, 11) is 0. The minimum Gasteiger partial charge on any atom is -0.411 e. The van der Waals surface area contributed by atoms with E-state index in [0.717, 1.165) is 17.8 Å². The zero-order chi connectivity index (χ0) is 13.8. The van der Waals surface area contributed by atoms with Crippen molar-refractivity contribution in [3.8, 4) is 11.5 Å². The van der Waals surface area contributed by atoms with E-state index >= 15 is 0 Å². The van der Waals surface area contributed by atoms with Gasteiger partial charge in [-0.3, -0.25) is 9.67 Å². The predicted molar refractivity (Wildman–Crippen MR) is 75.0 cm³/mol. The summed E-state index contributed by atoms with van der Waals surface area (Å²) in [5, 5.41) is 12.8. The summed E-state index contributed by atoms with van der Waals surface area (Å²) in [4.78, 5) is 4.25. The summed E-state index contributed by atoms with van der Waals surface area (Å²) in [6.07, 6.45) is 5.39. The van der Waals surface area contributed by atoms with E-state index < -0.39 is 0 Å². The highest BCUT2D eigenvalue weighted by molar-refractivity contribution is 7.98. The molecule has 102 valence electrons. The predicted octanol–water partition coefficient (Wildman–Crippen LogP) is 2.64. The molecule has 0 spiro atoms. The minimum atomic E-state index is 0.494. The maximum absolute atomic E-state index is 5.61. The third kappa shape index (κ3) is 2.88. The molecule has 0 aliphatic carbocycles. The second-order valence-electron chi connectivity index (χ2n) is 4.07. The summed E-state index contributed by atoms with van der Waals surface area (Å²) in [6, 6.07) is 5.82. The molecule has 3 aromatic rings. The Morgan fingerprint density at radius 3 is 3.00 bits per heavy atom. The van der Waals surface area contributed by atoms with Crippen LogP contribution in [0.2, 0.25) is 0 Å². The topological polar surface area (TPSA) is 69.6 Å². The van der Waals surface area contributed by atoms with Crippen molar-refractivity contribution in [2.24, 2.45) is 0 Å². The molecule has 3 aromatic heterocycles. The fraction of sp³-hybridized carbons (Fsp3) is 0.231. The molecule has 6 nitrogen and oxygen atoms in total. The average molecular weight is 287 g/mol. The molecule has 3 rings (SSSR count). The van der Waals surface area contributed by atoms with Gasteiger partial charge in [0.05, 0.1) is 17.5 Å². The first-order valence-electron chi connectivity index (χ1n) is 6.24. The van der Waals surface area contributed by atoms with Gasteiger partial charge >= 0.3 is 0 Å². The molecule has 7 heteroatoms. The molecule has 0 radical (unpaired) electrons. The SMILES string of the molecule is CCn1cc(-c2nnc(SCc3ccccn3)o2)cn1. The van der Waals surface area contributed by atoms with Gasteiger partial charge in [0.25, 0.3) is 11.1 Å². The molecule has 0 aliphatic rings. The molecule has 3 heterocycles. The summed E-state index contributed by atoms with van der Waals surface area (Å²) in [5.41, 5.74) is 1.82. The van der Waals surface area contributed by atoms with Crippen LogP contribution in [0.5, 0.6) is 0 Å². The monoisotopic (exact) mass is 287 g/mol. The van der Waals surface area contributed by atoms with E-state index in [9.17, 15) is 0 Å². The van der Waals surface area contributed by atoms with Gasteiger partial charge in [-0.2, -0.15) is 5.10 Å². The van der Waals surface area contributed by atoms with Crippen LogP contribution in [0.3, 0.4) is 0 Å². The number of hydrogen-bond donors (Lipinski definition) is 0. The maximum atomic E-state index is 5.61. The van der Waals surface area contributed by atoms with Crippen LogP contribution in [0.4, 0.5) is 0 Å². The lowest BCUT2D eigenvalue weighted by molar-refractivity contribution is 0.465. The van der Waals surface area contributed by atoms with Gasteiger partial charge in [0, 0.05) is 24.7 Å². The Morgan fingerprint density at radius 1 is 1.30 bits per heavy atom. The van der Waals surface area contributed by atoms with E-state index in [4.69, 9.17) is 4.42 Å². The van der Waals surface area contributed by atoms with Crippen molar-refractivity contribution in [1.82, 2.24) is 25.0 Å². The number of rotatable bonds is 5. The first-order valence-corrected chi connectivity index (χ1v) is 7.22. The number of nitrogens with zero attached hydrogens (tertiary/aromatic N) is 5. The number of thioether (sulfide) groups is 1. The Bertz CT molecular complexity index is 679. The Morgan fingerprint density at radius 2 is 2.25 bits per heavy atom. The van der Waals surface area contributed by atoms with Gasteiger partial charge in [-0.25, -0.2) is 0 Å². The lowest BCUT2D eigenvalue weighted by Gasteiger charge is -1.95. The Kier molecular flexibility index (Phi) is 3.78. The van der Waals surface area contributed by atoms with Crippen LogP contribution in [0, 0.1) is 0 Å². The van der Waals surface area contributed by atoms with Crippen molar-refractivity contribution in [3.63, 3.8) is 0 Å². The second-order valence-corrected chi connectivity index (χ2v) is 4.99. The Hall–Kier alpha value is -2.15. The zero-order valence-corrected chi connectivity index (χ0v) is 11.7. The zero-order valence-electron chi connectivity index (χ0n) is 10.9. The quantitative estimate of drug-likeness (QED) is 0.672. The standard InChI is InChI=1S/C13H13N5OS/c1-2-18-8-10(7-15-18)12-16-17-13(19-12)20-9-11-5-3-4-6-14-11/h3-8H,2,9H2,1H3. The second kappa shape index (κ2) is 5.87. The van der Waals surface area contributed by atoms with Crippen LogP contribution in [-0.4, -0.2) is 25.0 Å². The van der Waals surface area contributed by atoms with Crippen molar-refractivity contribution < 1.29 is 4.42 Å². The van der Waals surface area contributed by atoms with Crippen LogP contribution >= 0.6 is 11.8 Å². The molecule has 0 saturated heterocycles. The average Bonchev–Trinajstić information content (AvgIpc) is 3.15. The molecule has 0 bridgehead atoms. The fourth-order valence-electron chi connectivity index (χ4n) is 1.65. The highest BCUT2D eigenvalue weighted by Crippen LogP contribution is 2.24. The molecule has 0 N–H and O–H groups in total. The van der Waals surface area contributed by atoms with Gasteiger partial charge in [-0.15, -0.1) is 10.2 Å². The number of aromatic nitrogens is 5. The number of pyridine rings is 1. The van der Waals surface area contributed by atoms with Crippen molar-refractivity contribution >= 4 is 11.8 Å².